The Morgan fingerprint density at radius 1 is 1.44 bits per heavy atom. The minimum atomic E-state index is 0.109. The lowest BCUT2D eigenvalue weighted by Gasteiger charge is -2.12. The van der Waals surface area contributed by atoms with Crippen LogP contribution in [0.25, 0.3) is 0 Å². The van der Waals surface area contributed by atoms with Crippen LogP contribution >= 0.6 is 22.7 Å². The van der Waals surface area contributed by atoms with Crippen LogP contribution in [0.3, 0.4) is 0 Å². The summed E-state index contributed by atoms with van der Waals surface area (Å²) < 4.78 is 0. The highest BCUT2D eigenvalue weighted by Crippen LogP contribution is 2.25. The summed E-state index contributed by atoms with van der Waals surface area (Å²) in [6.45, 7) is 4.01. The minimum absolute atomic E-state index is 0.109. The Bertz CT molecular complexity index is 463. The molecule has 16 heavy (non-hydrogen) atoms. The van der Waals surface area contributed by atoms with E-state index in [4.69, 9.17) is 5.84 Å². The van der Waals surface area contributed by atoms with Crippen molar-refractivity contribution < 1.29 is 0 Å². The van der Waals surface area contributed by atoms with E-state index in [0.29, 0.717) is 0 Å². The van der Waals surface area contributed by atoms with Crippen molar-refractivity contribution in [2.24, 2.45) is 5.84 Å². The standard InChI is InChI=1S/C10H14N4S2/c1-6-4-15-9(13-6)3-8(14-11)10-7(2)12-5-16-10/h4-5,8,14H,3,11H2,1-2H3. The molecule has 0 saturated heterocycles. The van der Waals surface area contributed by atoms with E-state index in [1.165, 1.54) is 4.88 Å². The fraction of sp³-hybridized carbons (Fsp3) is 0.400. The lowest BCUT2D eigenvalue weighted by Crippen LogP contribution is -2.29. The van der Waals surface area contributed by atoms with Crippen molar-refractivity contribution in [2.75, 3.05) is 0 Å². The van der Waals surface area contributed by atoms with Crippen LogP contribution < -0.4 is 11.3 Å². The Balaban J connectivity index is 2.15. The number of thiazole rings is 2. The van der Waals surface area contributed by atoms with Crippen LogP contribution in [-0.4, -0.2) is 9.97 Å². The van der Waals surface area contributed by atoms with Gasteiger partial charge in [-0.3, -0.25) is 11.3 Å². The van der Waals surface area contributed by atoms with Crippen LogP contribution in [0.1, 0.15) is 27.3 Å². The Hall–Kier alpha value is -0.820. The first-order valence-electron chi connectivity index (χ1n) is 4.98. The molecule has 2 heterocycles. The molecule has 6 heteroatoms. The summed E-state index contributed by atoms with van der Waals surface area (Å²) in [5.74, 6) is 5.59. The monoisotopic (exact) mass is 254 g/mol. The third-order valence-electron chi connectivity index (χ3n) is 2.35. The first-order valence-corrected chi connectivity index (χ1v) is 6.73. The molecule has 0 aliphatic carbocycles. The number of nitrogens with one attached hydrogen (secondary N) is 1. The molecule has 0 saturated carbocycles. The van der Waals surface area contributed by atoms with Crippen molar-refractivity contribution in [2.45, 2.75) is 26.3 Å². The molecule has 0 fully saturated rings. The third kappa shape index (κ3) is 2.46. The molecule has 86 valence electrons. The zero-order valence-corrected chi connectivity index (χ0v) is 10.9. The molecule has 2 rings (SSSR count). The summed E-state index contributed by atoms with van der Waals surface area (Å²) in [5.41, 5.74) is 6.80. The van der Waals surface area contributed by atoms with Crippen molar-refractivity contribution in [1.82, 2.24) is 15.4 Å². The van der Waals surface area contributed by atoms with E-state index in [2.05, 4.69) is 20.8 Å². The predicted octanol–water partition coefficient (Wildman–Crippen LogP) is 1.96. The summed E-state index contributed by atoms with van der Waals surface area (Å²) in [6.07, 6.45) is 0.818. The van der Waals surface area contributed by atoms with Crippen LogP contribution in [-0.2, 0) is 6.42 Å². The fourth-order valence-electron chi connectivity index (χ4n) is 1.54. The molecular weight excluding hydrogens is 240 g/mol. The molecule has 3 N–H and O–H groups in total. The molecule has 0 spiro atoms. The quantitative estimate of drug-likeness (QED) is 0.647. The maximum absolute atomic E-state index is 5.59. The van der Waals surface area contributed by atoms with Crippen molar-refractivity contribution in [1.29, 1.82) is 0 Å². The van der Waals surface area contributed by atoms with E-state index < -0.39 is 0 Å². The lowest BCUT2D eigenvalue weighted by molar-refractivity contribution is 0.555. The van der Waals surface area contributed by atoms with Crippen LogP contribution in [0.4, 0.5) is 0 Å². The molecule has 0 aromatic carbocycles. The summed E-state index contributed by atoms with van der Waals surface area (Å²) in [4.78, 5) is 9.87. The lowest BCUT2D eigenvalue weighted by atomic mass is 10.1. The van der Waals surface area contributed by atoms with Crippen molar-refractivity contribution in [3.63, 3.8) is 0 Å². The summed E-state index contributed by atoms with van der Waals surface area (Å²) in [6, 6.07) is 0.109. The highest BCUT2D eigenvalue weighted by molar-refractivity contribution is 7.10. The Morgan fingerprint density at radius 3 is 2.75 bits per heavy atom. The molecular formula is C10H14N4S2. The second-order valence-corrected chi connectivity index (χ2v) is 5.44. The number of hydrazine groups is 1. The van der Waals surface area contributed by atoms with Crippen LogP contribution in [0.15, 0.2) is 10.9 Å². The van der Waals surface area contributed by atoms with Gasteiger partial charge in [0.15, 0.2) is 0 Å². The minimum Gasteiger partial charge on any atom is -0.271 e. The average Bonchev–Trinajstić information content (AvgIpc) is 2.84. The number of nitrogens with two attached hydrogens (primary N) is 1. The molecule has 1 atom stereocenters. The van der Waals surface area contributed by atoms with Crippen LogP contribution in [0.5, 0.6) is 0 Å². The topological polar surface area (TPSA) is 63.8 Å². The van der Waals surface area contributed by atoms with Gasteiger partial charge in [0, 0.05) is 22.4 Å². The second-order valence-electron chi connectivity index (χ2n) is 3.61. The van der Waals surface area contributed by atoms with E-state index in [1.54, 1.807) is 22.7 Å². The van der Waals surface area contributed by atoms with Gasteiger partial charge in [-0.25, -0.2) is 9.97 Å². The molecule has 0 radical (unpaired) electrons. The number of hydrogen-bond donors (Lipinski definition) is 2. The Morgan fingerprint density at radius 2 is 2.25 bits per heavy atom. The number of rotatable bonds is 4. The van der Waals surface area contributed by atoms with Gasteiger partial charge in [0.25, 0.3) is 0 Å². The molecule has 1 unspecified atom stereocenters. The first-order chi connectivity index (χ1) is 7.70. The van der Waals surface area contributed by atoms with Gasteiger partial charge in [-0.15, -0.1) is 22.7 Å². The van der Waals surface area contributed by atoms with Crippen molar-refractivity contribution >= 4 is 22.7 Å². The molecule has 2 aromatic rings. The highest BCUT2D eigenvalue weighted by Gasteiger charge is 2.16. The predicted molar refractivity (Wildman–Crippen MR) is 67.5 cm³/mol. The smallest absolute Gasteiger partial charge is 0.0947 e. The van der Waals surface area contributed by atoms with Gasteiger partial charge in [-0.2, -0.15) is 0 Å². The molecule has 0 aliphatic rings. The molecule has 4 nitrogen and oxygen atoms in total. The van der Waals surface area contributed by atoms with E-state index >= 15 is 0 Å². The maximum Gasteiger partial charge on any atom is 0.0947 e. The normalized spacial score (nSPS) is 12.9. The van der Waals surface area contributed by atoms with Gasteiger partial charge in [0.1, 0.15) is 0 Å². The van der Waals surface area contributed by atoms with E-state index in [1.807, 2.05) is 19.4 Å². The number of nitrogens with zero attached hydrogens (tertiary/aromatic N) is 2. The van der Waals surface area contributed by atoms with E-state index in [-0.39, 0.29) is 6.04 Å². The highest BCUT2D eigenvalue weighted by atomic mass is 32.1. The van der Waals surface area contributed by atoms with Gasteiger partial charge in [-0.1, -0.05) is 0 Å². The van der Waals surface area contributed by atoms with Crippen LogP contribution in [0.2, 0.25) is 0 Å². The Kier molecular flexibility index (Phi) is 3.65. The van der Waals surface area contributed by atoms with Gasteiger partial charge in [0.2, 0.25) is 0 Å². The molecule has 0 aliphatic heterocycles. The fourth-order valence-corrected chi connectivity index (χ4v) is 3.23. The number of aromatic nitrogens is 2. The van der Waals surface area contributed by atoms with Crippen molar-refractivity contribution in [3.05, 3.63) is 32.2 Å². The molecule has 0 amide bonds. The third-order valence-corrected chi connectivity index (χ3v) is 4.38. The maximum atomic E-state index is 5.59. The van der Waals surface area contributed by atoms with Crippen LogP contribution in [0, 0.1) is 13.8 Å². The first kappa shape index (κ1) is 11.7. The van der Waals surface area contributed by atoms with Gasteiger partial charge >= 0.3 is 0 Å². The second kappa shape index (κ2) is 5.01. The number of aryl methyl sites for hydroxylation is 2. The van der Waals surface area contributed by atoms with Crippen molar-refractivity contribution in [3.8, 4) is 0 Å². The largest absolute Gasteiger partial charge is 0.271 e. The average molecular weight is 254 g/mol. The van der Waals surface area contributed by atoms with E-state index in [0.717, 1.165) is 22.8 Å². The molecule has 2 aromatic heterocycles. The van der Waals surface area contributed by atoms with Gasteiger partial charge < -0.3 is 0 Å². The Labute approximate surface area is 103 Å². The SMILES string of the molecule is Cc1csc(CC(NN)c2scnc2C)n1. The number of hydrogen-bond acceptors (Lipinski definition) is 6. The summed E-state index contributed by atoms with van der Waals surface area (Å²) in [7, 11) is 0. The zero-order valence-electron chi connectivity index (χ0n) is 9.23. The van der Waals surface area contributed by atoms with Gasteiger partial charge in [0.05, 0.1) is 22.3 Å². The summed E-state index contributed by atoms with van der Waals surface area (Å²) in [5, 5.41) is 3.16. The van der Waals surface area contributed by atoms with Gasteiger partial charge in [-0.05, 0) is 13.8 Å². The zero-order chi connectivity index (χ0) is 11.5. The summed E-state index contributed by atoms with van der Waals surface area (Å²) >= 11 is 3.31. The molecule has 0 bridgehead atoms. The van der Waals surface area contributed by atoms with E-state index in [9.17, 15) is 0 Å².